The van der Waals surface area contributed by atoms with E-state index >= 15 is 0 Å². The lowest BCUT2D eigenvalue weighted by molar-refractivity contribution is -0.139. The Morgan fingerprint density at radius 1 is 1.29 bits per heavy atom. The Kier molecular flexibility index (Phi) is 2.66. The molecule has 1 rings (SSSR count). The van der Waals surface area contributed by atoms with Crippen molar-refractivity contribution >= 4 is 5.69 Å². The van der Waals surface area contributed by atoms with E-state index in [2.05, 4.69) is 0 Å². The molecule has 0 fully saturated rings. The van der Waals surface area contributed by atoms with Crippen LogP contribution in [0.1, 0.15) is 11.1 Å². The lowest BCUT2D eigenvalue weighted by atomic mass is 10.1. The summed E-state index contributed by atoms with van der Waals surface area (Å²) in [5.74, 6) is -1.43. The molecule has 1 aromatic rings. The first-order chi connectivity index (χ1) is 6.36. The van der Waals surface area contributed by atoms with Crippen molar-refractivity contribution in [3.8, 4) is 0 Å². The van der Waals surface area contributed by atoms with Crippen LogP contribution in [0.2, 0.25) is 0 Å². The Morgan fingerprint density at radius 2 is 1.86 bits per heavy atom. The molecule has 0 atom stereocenters. The molecule has 1 aromatic carbocycles. The van der Waals surface area contributed by atoms with Crippen molar-refractivity contribution in [2.75, 3.05) is 5.73 Å². The Hall–Kier alpha value is -1.30. The van der Waals surface area contributed by atoms with Gasteiger partial charge < -0.3 is 10.8 Å². The average Bonchev–Trinajstić information content (AvgIpc) is 2.06. The van der Waals surface area contributed by atoms with E-state index in [1.807, 2.05) is 0 Å². The van der Waals surface area contributed by atoms with Crippen LogP contribution >= 0.6 is 0 Å². The summed E-state index contributed by atoms with van der Waals surface area (Å²) in [5.41, 5.74) is 3.41. The van der Waals surface area contributed by atoms with Crippen molar-refractivity contribution in [3.63, 3.8) is 0 Å². The number of nitrogens with two attached hydrogens (primary N) is 1. The number of aliphatic hydroxyl groups is 1. The Labute approximate surface area is 77.0 Å². The van der Waals surface area contributed by atoms with Gasteiger partial charge in [-0.25, -0.2) is 4.39 Å². The molecule has 0 aliphatic carbocycles. The van der Waals surface area contributed by atoms with E-state index in [9.17, 15) is 17.6 Å². The van der Waals surface area contributed by atoms with Gasteiger partial charge >= 0.3 is 6.18 Å². The van der Waals surface area contributed by atoms with Crippen LogP contribution in [0.4, 0.5) is 23.2 Å². The monoisotopic (exact) mass is 209 g/mol. The third-order valence-corrected chi connectivity index (χ3v) is 1.70. The molecule has 0 bridgehead atoms. The van der Waals surface area contributed by atoms with Crippen molar-refractivity contribution in [3.05, 3.63) is 29.1 Å². The minimum absolute atomic E-state index is 0.0597. The number of alkyl halides is 3. The molecule has 14 heavy (non-hydrogen) atoms. The van der Waals surface area contributed by atoms with Crippen LogP contribution in [0.3, 0.4) is 0 Å². The molecule has 6 heteroatoms. The van der Waals surface area contributed by atoms with E-state index in [-0.39, 0.29) is 11.3 Å². The SMILES string of the molecule is Nc1cc(C(F)(F)F)c(F)cc1CO. The van der Waals surface area contributed by atoms with Crippen molar-refractivity contribution in [2.24, 2.45) is 0 Å². The van der Waals surface area contributed by atoms with Gasteiger partial charge in [-0.3, -0.25) is 0 Å². The summed E-state index contributed by atoms with van der Waals surface area (Å²) in [5, 5.41) is 8.61. The highest BCUT2D eigenvalue weighted by Crippen LogP contribution is 2.33. The van der Waals surface area contributed by atoms with Crippen molar-refractivity contribution in [2.45, 2.75) is 12.8 Å². The average molecular weight is 209 g/mol. The molecule has 0 saturated carbocycles. The molecular weight excluding hydrogens is 202 g/mol. The first-order valence-corrected chi connectivity index (χ1v) is 3.62. The zero-order valence-electron chi connectivity index (χ0n) is 6.90. The van der Waals surface area contributed by atoms with Crippen LogP contribution in [0.5, 0.6) is 0 Å². The molecule has 0 heterocycles. The number of aliphatic hydroxyl groups excluding tert-OH is 1. The summed E-state index contributed by atoms with van der Waals surface area (Å²) in [6.45, 7) is -0.596. The van der Waals surface area contributed by atoms with Crippen molar-refractivity contribution < 1.29 is 22.7 Å². The largest absolute Gasteiger partial charge is 0.419 e. The highest BCUT2D eigenvalue weighted by molar-refractivity contribution is 5.50. The van der Waals surface area contributed by atoms with Crippen LogP contribution in [-0.4, -0.2) is 5.11 Å². The third-order valence-electron chi connectivity index (χ3n) is 1.70. The molecule has 2 nitrogen and oxygen atoms in total. The van der Waals surface area contributed by atoms with Crippen LogP contribution in [0, 0.1) is 5.82 Å². The quantitative estimate of drug-likeness (QED) is 0.548. The second-order valence-corrected chi connectivity index (χ2v) is 2.69. The maximum atomic E-state index is 12.8. The standard InChI is InChI=1S/C8H7F4NO/c9-6-1-4(3-14)7(13)2-5(6)8(10,11)12/h1-2,14H,3,13H2. The summed E-state index contributed by atoms with van der Waals surface area (Å²) in [6, 6.07) is 1.05. The highest BCUT2D eigenvalue weighted by atomic mass is 19.4. The summed E-state index contributed by atoms with van der Waals surface area (Å²) in [4.78, 5) is 0. The fraction of sp³-hybridized carbons (Fsp3) is 0.250. The smallest absolute Gasteiger partial charge is 0.398 e. The maximum absolute atomic E-state index is 12.8. The van der Waals surface area contributed by atoms with Gasteiger partial charge in [0.15, 0.2) is 0 Å². The number of anilines is 1. The summed E-state index contributed by atoms with van der Waals surface area (Å²) < 4.78 is 49.1. The third kappa shape index (κ3) is 1.95. The van der Waals surface area contributed by atoms with Crippen LogP contribution < -0.4 is 5.73 Å². The molecule has 0 saturated heterocycles. The van der Waals surface area contributed by atoms with Gasteiger partial charge in [0.25, 0.3) is 0 Å². The molecule has 3 N–H and O–H groups in total. The summed E-state index contributed by atoms with van der Waals surface area (Å²) >= 11 is 0. The van der Waals surface area contributed by atoms with E-state index < -0.39 is 24.2 Å². The highest BCUT2D eigenvalue weighted by Gasteiger charge is 2.34. The maximum Gasteiger partial charge on any atom is 0.419 e. The van der Waals surface area contributed by atoms with Crippen molar-refractivity contribution in [1.29, 1.82) is 0 Å². The first-order valence-electron chi connectivity index (χ1n) is 3.62. The van der Waals surface area contributed by atoms with E-state index in [0.29, 0.717) is 12.1 Å². The molecule has 0 spiro atoms. The van der Waals surface area contributed by atoms with Crippen LogP contribution in [-0.2, 0) is 12.8 Å². The minimum atomic E-state index is -4.77. The van der Waals surface area contributed by atoms with Crippen molar-refractivity contribution in [1.82, 2.24) is 0 Å². The van der Waals surface area contributed by atoms with Gasteiger partial charge in [-0.1, -0.05) is 0 Å². The van der Waals surface area contributed by atoms with Gasteiger partial charge in [0.1, 0.15) is 5.82 Å². The summed E-state index contributed by atoms with van der Waals surface area (Å²) in [6.07, 6.45) is -4.77. The molecular formula is C8H7F4NO. The van der Waals surface area contributed by atoms with E-state index in [0.717, 1.165) is 0 Å². The molecule has 78 valence electrons. The second kappa shape index (κ2) is 3.45. The van der Waals surface area contributed by atoms with E-state index in [1.165, 1.54) is 0 Å². The number of hydrogen-bond acceptors (Lipinski definition) is 2. The number of hydrogen-bond donors (Lipinski definition) is 2. The van der Waals surface area contributed by atoms with Crippen LogP contribution in [0.15, 0.2) is 12.1 Å². The molecule has 0 aliphatic heterocycles. The Balaban J connectivity index is 3.29. The lowest BCUT2D eigenvalue weighted by Gasteiger charge is -2.10. The van der Waals surface area contributed by atoms with Gasteiger partial charge in [-0.2, -0.15) is 13.2 Å². The van der Waals surface area contributed by atoms with E-state index in [1.54, 1.807) is 0 Å². The Bertz CT molecular complexity index is 348. The van der Waals surface area contributed by atoms with E-state index in [4.69, 9.17) is 10.8 Å². The predicted octanol–water partition coefficient (Wildman–Crippen LogP) is 1.92. The fourth-order valence-electron chi connectivity index (χ4n) is 0.985. The predicted molar refractivity (Wildman–Crippen MR) is 41.7 cm³/mol. The molecule has 0 aromatic heterocycles. The number of nitrogen functional groups attached to an aromatic ring is 1. The molecule has 0 aliphatic rings. The summed E-state index contributed by atoms with van der Waals surface area (Å²) in [7, 11) is 0. The first kappa shape index (κ1) is 10.8. The van der Waals surface area contributed by atoms with Gasteiger partial charge in [0, 0.05) is 11.3 Å². The number of benzene rings is 1. The lowest BCUT2D eigenvalue weighted by Crippen LogP contribution is -2.10. The van der Waals surface area contributed by atoms with Gasteiger partial charge in [-0.15, -0.1) is 0 Å². The molecule has 0 radical (unpaired) electrons. The van der Waals surface area contributed by atoms with Gasteiger partial charge in [0.05, 0.1) is 12.2 Å². The zero-order valence-corrected chi connectivity index (χ0v) is 6.90. The molecule has 0 unspecified atom stereocenters. The number of halogens is 4. The topological polar surface area (TPSA) is 46.2 Å². The van der Waals surface area contributed by atoms with Gasteiger partial charge in [-0.05, 0) is 12.1 Å². The molecule has 0 amide bonds. The zero-order chi connectivity index (χ0) is 10.9. The normalized spacial score (nSPS) is 11.8. The Morgan fingerprint density at radius 3 is 2.29 bits per heavy atom. The van der Waals surface area contributed by atoms with Gasteiger partial charge in [0.2, 0.25) is 0 Å². The second-order valence-electron chi connectivity index (χ2n) is 2.69. The minimum Gasteiger partial charge on any atom is -0.398 e. The van der Waals surface area contributed by atoms with Crippen LogP contribution in [0.25, 0.3) is 0 Å². The number of rotatable bonds is 1. The fourth-order valence-corrected chi connectivity index (χ4v) is 0.985.